The van der Waals surface area contributed by atoms with Crippen molar-refractivity contribution in [2.24, 2.45) is 0 Å². The summed E-state index contributed by atoms with van der Waals surface area (Å²) in [6.45, 7) is 0. The standard InChI is InChI=1S/C5H3Br2NS/c6-5(7)1-4-2-8-3-9-4/h1-3H. The highest BCUT2D eigenvalue weighted by Gasteiger charge is 1.87. The van der Waals surface area contributed by atoms with Gasteiger partial charge in [-0.3, -0.25) is 4.98 Å². The van der Waals surface area contributed by atoms with Gasteiger partial charge >= 0.3 is 0 Å². The number of thiazole rings is 1. The number of halogens is 2. The van der Waals surface area contributed by atoms with E-state index in [1.807, 2.05) is 12.3 Å². The van der Waals surface area contributed by atoms with Crippen LogP contribution in [0, 0.1) is 0 Å². The van der Waals surface area contributed by atoms with Crippen molar-refractivity contribution in [3.05, 3.63) is 20.0 Å². The molecule has 1 heterocycles. The normalized spacial score (nSPS) is 9.11. The molecule has 0 spiro atoms. The third kappa shape index (κ3) is 2.60. The van der Waals surface area contributed by atoms with E-state index in [1.54, 1.807) is 16.8 Å². The summed E-state index contributed by atoms with van der Waals surface area (Å²) in [6, 6.07) is 0. The molecule has 0 N–H and O–H groups in total. The Morgan fingerprint density at radius 1 is 1.67 bits per heavy atom. The van der Waals surface area contributed by atoms with E-state index in [2.05, 4.69) is 36.8 Å². The number of aromatic nitrogens is 1. The van der Waals surface area contributed by atoms with E-state index in [9.17, 15) is 0 Å². The van der Waals surface area contributed by atoms with Gasteiger partial charge in [-0.25, -0.2) is 0 Å². The van der Waals surface area contributed by atoms with Crippen LogP contribution in [-0.2, 0) is 0 Å². The molecule has 0 bridgehead atoms. The van der Waals surface area contributed by atoms with Gasteiger partial charge in [-0.05, 0) is 37.9 Å². The molecule has 1 aromatic heterocycles. The monoisotopic (exact) mass is 267 g/mol. The van der Waals surface area contributed by atoms with Gasteiger partial charge in [0.05, 0.1) is 8.90 Å². The Balaban J connectivity index is 2.80. The van der Waals surface area contributed by atoms with Crippen LogP contribution in [0.2, 0.25) is 0 Å². The topological polar surface area (TPSA) is 12.9 Å². The summed E-state index contributed by atoms with van der Waals surface area (Å²) in [6.07, 6.45) is 3.77. The Kier molecular flexibility index (Phi) is 2.88. The zero-order valence-electron chi connectivity index (χ0n) is 4.34. The molecule has 0 aliphatic rings. The summed E-state index contributed by atoms with van der Waals surface area (Å²) in [5.74, 6) is 0. The van der Waals surface area contributed by atoms with Gasteiger partial charge in [0.25, 0.3) is 0 Å². The molecule has 4 heteroatoms. The quantitative estimate of drug-likeness (QED) is 0.762. The van der Waals surface area contributed by atoms with E-state index in [0.717, 1.165) is 8.27 Å². The molecule has 1 nitrogen and oxygen atoms in total. The largest absolute Gasteiger partial charge is 0.253 e. The first-order valence-electron chi connectivity index (χ1n) is 2.20. The Hall–Kier alpha value is 0.330. The Morgan fingerprint density at radius 2 is 2.44 bits per heavy atom. The third-order valence-corrected chi connectivity index (χ3v) is 1.88. The first-order valence-corrected chi connectivity index (χ1v) is 4.67. The molecule has 0 fully saturated rings. The lowest BCUT2D eigenvalue weighted by molar-refractivity contribution is 1.42. The van der Waals surface area contributed by atoms with Crippen LogP contribution in [0.15, 0.2) is 15.1 Å². The molecular weight excluding hydrogens is 266 g/mol. The van der Waals surface area contributed by atoms with Crippen LogP contribution >= 0.6 is 43.2 Å². The van der Waals surface area contributed by atoms with Crippen molar-refractivity contribution >= 4 is 49.3 Å². The second-order valence-electron chi connectivity index (χ2n) is 1.34. The molecule has 48 valence electrons. The molecule has 0 aromatic carbocycles. The molecular formula is C5H3Br2NS. The van der Waals surface area contributed by atoms with E-state index in [4.69, 9.17) is 0 Å². The Bertz CT molecular complexity index is 201. The van der Waals surface area contributed by atoms with Crippen LogP contribution in [-0.4, -0.2) is 4.98 Å². The summed E-state index contributed by atoms with van der Waals surface area (Å²) in [4.78, 5) is 5.05. The summed E-state index contributed by atoms with van der Waals surface area (Å²) >= 11 is 8.11. The van der Waals surface area contributed by atoms with Crippen molar-refractivity contribution in [1.29, 1.82) is 0 Å². The van der Waals surface area contributed by atoms with Gasteiger partial charge < -0.3 is 0 Å². The second-order valence-corrected chi connectivity index (χ2v) is 5.03. The smallest absolute Gasteiger partial charge is 0.0797 e. The van der Waals surface area contributed by atoms with E-state index < -0.39 is 0 Å². The average Bonchev–Trinajstić information content (AvgIpc) is 2.15. The number of nitrogens with zero attached hydrogens (tertiary/aromatic N) is 1. The van der Waals surface area contributed by atoms with Crippen molar-refractivity contribution in [3.63, 3.8) is 0 Å². The Labute approximate surface area is 74.1 Å². The van der Waals surface area contributed by atoms with Crippen LogP contribution < -0.4 is 0 Å². The van der Waals surface area contributed by atoms with Crippen molar-refractivity contribution < 1.29 is 0 Å². The molecule has 0 radical (unpaired) electrons. The van der Waals surface area contributed by atoms with Crippen LogP contribution in [0.4, 0.5) is 0 Å². The van der Waals surface area contributed by atoms with Gasteiger partial charge in [0.2, 0.25) is 0 Å². The predicted octanol–water partition coefficient (Wildman–Crippen LogP) is 3.23. The van der Waals surface area contributed by atoms with Gasteiger partial charge in [0, 0.05) is 11.1 Å². The number of hydrogen-bond donors (Lipinski definition) is 0. The first-order chi connectivity index (χ1) is 4.29. The molecule has 0 aliphatic heterocycles. The molecule has 9 heavy (non-hydrogen) atoms. The number of rotatable bonds is 1. The van der Waals surface area contributed by atoms with Gasteiger partial charge in [-0.1, -0.05) is 0 Å². The van der Waals surface area contributed by atoms with E-state index in [0.29, 0.717) is 0 Å². The SMILES string of the molecule is BrC(Br)=Cc1cncs1. The molecule has 0 saturated carbocycles. The maximum Gasteiger partial charge on any atom is 0.0797 e. The van der Waals surface area contributed by atoms with Gasteiger partial charge in [0.1, 0.15) is 0 Å². The summed E-state index contributed by atoms with van der Waals surface area (Å²) in [5.41, 5.74) is 1.80. The lowest BCUT2D eigenvalue weighted by Gasteiger charge is -1.79. The summed E-state index contributed by atoms with van der Waals surface area (Å²) < 4.78 is 0.944. The third-order valence-electron chi connectivity index (χ3n) is 0.703. The fourth-order valence-corrected chi connectivity index (χ4v) is 1.75. The van der Waals surface area contributed by atoms with Crippen molar-refractivity contribution in [1.82, 2.24) is 4.98 Å². The molecule has 1 aromatic rings. The minimum atomic E-state index is 0.944. The maximum atomic E-state index is 3.91. The van der Waals surface area contributed by atoms with Crippen molar-refractivity contribution in [2.75, 3.05) is 0 Å². The molecule has 0 unspecified atom stereocenters. The van der Waals surface area contributed by atoms with Crippen molar-refractivity contribution in [3.8, 4) is 0 Å². The minimum absolute atomic E-state index is 0.944. The molecule has 0 aliphatic carbocycles. The highest BCUT2D eigenvalue weighted by Crippen LogP contribution is 2.19. The zero-order chi connectivity index (χ0) is 6.69. The lowest BCUT2D eigenvalue weighted by atomic mass is 10.5. The van der Waals surface area contributed by atoms with E-state index >= 15 is 0 Å². The second kappa shape index (κ2) is 3.49. The summed E-state index contributed by atoms with van der Waals surface area (Å²) in [7, 11) is 0. The van der Waals surface area contributed by atoms with Gasteiger partial charge in [-0.2, -0.15) is 0 Å². The van der Waals surface area contributed by atoms with Crippen molar-refractivity contribution in [2.45, 2.75) is 0 Å². The average molecular weight is 269 g/mol. The van der Waals surface area contributed by atoms with Crippen LogP contribution in [0.5, 0.6) is 0 Å². The Morgan fingerprint density at radius 3 is 2.89 bits per heavy atom. The van der Waals surface area contributed by atoms with Crippen LogP contribution in [0.25, 0.3) is 6.08 Å². The molecule has 0 amide bonds. The minimum Gasteiger partial charge on any atom is -0.253 e. The number of hydrogen-bond acceptors (Lipinski definition) is 2. The molecule has 0 atom stereocenters. The van der Waals surface area contributed by atoms with Gasteiger partial charge in [0.15, 0.2) is 0 Å². The van der Waals surface area contributed by atoms with E-state index in [1.165, 1.54) is 0 Å². The lowest BCUT2D eigenvalue weighted by Crippen LogP contribution is -1.55. The van der Waals surface area contributed by atoms with Crippen LogP contribution in [0.3, 0.4) is 0 Å². The molecule has 1 rings (SSSR count). The zero-order valence-corrected chi connectivity index (χ0v) is 8.33. The first kappa shape index (κ1) is 7.44. The maximum absolute atomic E-state index is 3.91. The van der Waals surface area contributed by atoms with E-state index in [-0.39, 0.29) is 0 Å². The molecule has 0 saturated heterocycles. The fraction of sp³-hybridized carbons (Fsp3) is 0. The van der Waals surface area contributed by atoms with Gasteiger partial charge in [-0.15, -0.1) is 11.3 Å². The van der Waals surface area contributed by atoms with Crippen LogP contribution in [0.1, 0.15) is 4.88 Å². The highest BCUT2D eigenvalue weighted by atomic mass is 79.9. The highest BCUT2D eigenvalue weighted by molar-refractivity contribution is 9.28. The summed E-state index contributed by atoms with van der Waals surface area (Å²) in [5, 5.41) is 0. The fourth-order valence-electron chi connectivity index (χ4n) is 0.404. The predicted molar refractivity (Wildman–Crippen MR) is 47.9 cm³/mol.